The molecule has 2 aromatic carbocycles. The number of amides is 2. The van der Waals surface area contributed by atoms with Crippen LogP contribution in [0.5, 0.6) is 11.5 Å². The number of nitrogens with zero attached hydrogens (tertiary/aromatic N) is 2. The standard InChI is InChI=1S/C25H32ClN3O6S/c1-5-17(3)27-25(31)21(6-2)28(14-18-9-7-8-10-20(18)26)24(30)15-29(36(4,32)33)19-11-12-22-23(13-19)35-16-34-22/h7-13,17,21H,5-6,14-16H2,1-4H3,(H,27,31)/t17-,21+/m1/s1. The third-order valence-electron chi connectivity index (χ3n) is 6.01. The van der Waals surface area contributed by atoms with Crippen molar-refractivity contribution >= 4 is 39.1 Å². The highest BCUT2D eigenvalue weighted by Crippen LogP contribution is 2.36. The maximum absolute atomic E-state index is 13.7. The first-order chi connectivity index (χ1) is 17.0. The zero-order valence-corrected chi connectivity index (χ0v) is 22.4. The second-order valence-corrected chi connectivity index (χ2v) is 11.0. The number of hydrogen-bond acceptors (Lipinski definition) is 6. The Morgan fingerprint density at radius 3 is 2.42 bits per heavy atom. The van der Waals surface area contributed by atoms with Crippen LogP contribution in [0.1, 0.15) is 39.2 Å². The maximum Gasteiger partial charge on any atom is 0.244 e. The summed E-state index contributed by atoms with van der Waals surface area (Å²) >= 11 is 6.37. The van der Waals surface area contributed by atoms with Crippen LogP contribution in [0, 0.1) is 0 Å². The van der Waals surface area contributed by atoms with E-state index in [0.29, 0.717) is 28.5 Å². The van der Waals surface area contributed by atoms with Gasteiger partial charge in [-0.05, 0) is 43.5 Å². The van der Waals surface area contributed by atoms with E-state index in [1.165, 1.54) is 11.0 Å². The van der Waals surface area contributed by atoms with Gasteiger partial charge in [-0.25, -0.2) is 8.42 Å². The first kappa shape index (κ1) is 27.6. The van der Waals surface area contributed by atoms with E-state index in [4.69, 9.17) is 21.1 Å². The molecule has 1 aliphatic heterocycles. The molecule has 2 atom stereocenters. The Hall–Kier alpha value is -2.98. The van der Waals surface area contributed by atoms with Crippen LogP contribution in [0.3, 0.4) is 0 Å². The molecule has 0 aromatic heterocycles. The van der Waals surface area contributed by atoms with Crippen LogP contribution in [0.25, 0.3) is 0 Å². The van der Waals surface area contributed by atoms with Crippen LogP contribution in [0.2, 0.25) is 5.02 Å². The molecule has 0 aliphatic carbocycles. The number of halogens is 1. The van der Waals surface area contributed by atoms with Crippen LogP contribution in [0.15, 0.2) is 42.5 Å². The van der Waals surface area contributed by atoms with Crippen molar-refractivity contribution in [1.82, 2.24) is 10.2 Å². The van der Waals surface area contributed by atoms with Gasteiger partial charge in [0.15, 0.2) is 11.5 Å². The van der Waals surface area contributed by atoms with Gasteiger partial charge < -0.3 is 19.7 Å². The Morgan fingerprint density at radius 2 is 1.78 bits per heavy atom. The molecule has 1 N–H and O–H groups in total. The van der Waals surface area contributed by atoms with E-state index >= 15 is 0 Å². The van der Waals surface area contributed by atoms with Crippen molar-refractivity contribution in [2.45, 2.75) is 52.2 Å². The first-order valence-electron chi connectivity index (χ1n) is 11.8. The van der Waals surface area contributed by atoms with E-state index in [-0.39, 0.29) is 31.0 Å². The smallest absolute Gasteiger partial charge is 0.244 e. The average molecular weight is 538 g/mol. The fourth-order valence-electron chi connectivity index (χ4n) is 3.82. The highest BCUT2D eigenvalue weighted by atomic mass is 35.5. The molecule has 0 radical (unpaired) electrons. The molecule has 9 nitrogen and oxygen atoms in total. The number of rotatable bonds is 11. The zero-order chi connectivity index (χ0) is 26.5. The predicted molar refractivity (Wildman–Crippen MR) is 139 cm³/mol. The summed E-state index contributed by atoms with van der Waals surface area (Å²) in [5.74, 6) is 0.0397. The van der Waals surface area contributed by atoms with E-state index < -0.39 is 28.5 Å². The quantitative estimate of drug-likeness (QED) is 0.470. The topological polar surface area (TPSA) is 105 Å². The van der Waals surface area contributed by atoms with E-state index in [1.807, 2.05) is 13.8 Å². The number of anilines is 1. The lowest BCUT2D eigenvalue weighted by Gasteiger charge is -2.33. The molecule has 0 saturated carbocycles. The largest absolute Gasteiger partial charge is 0.454 e. The highest BCUT2D eigenvalue weighted by Gasteiger charge is 2.33. The van der Waals surface area contributed by atoms with Gasteiger partial charge in [-0.2, -0.15) is 0 Å². The molecule has 0 fully saturated rings. The number of nitrogens with one attached hydrogen (secondary N) is 1. The number of hydrogen-bond donors (Lipinski definition) is 1. The molecule has 1 aliphatic rings. The van der Waals surface area contributed by atoms with Crippen molar-refractivity contribution in [3.05, 3.63) is 53.1 Å². The summed E-state index contributed by atoms with van der Waals surface area (Å²) in [7, 11) is -3.86. The maximum atomic E-state index is 13.7. The molecule has 36 heavy (non-hydrogen) atoms. The molecule has 3 rings (SSSR count). The normalized spacial score (nSPS) is 14.1. The first-order valence-corrected chi connectivity index (χ1v) is 14.0. The van der Waals surface area contributed by atoms with Crippen LogP contribution in [0.4, 0.5) is 5.69 Å². The summed E-state index contributed by atoms with van der Waals surface area (Å²) < 4.78 is 37.2. The van der Waals surface area contributed by atoms with Crippen molar-refractivity contribution in [1.29, 1.82) is 0 Å². The Kier molecular flexibility index (Phi) is 9.08. The molecule has 196 valence electrons. The molecule has 2 amide bonds. The second-order valence-electron chi connectivity index (χ2n) is 8.66. The Labute approximate surface area is 217 Å². The molecule has 11 heteroatoms. The van der Waals surface area contributed by atoms with Crippen LogP contribution in [-0.4, -0.2) is 56.8 Å². The minimum Gasteiger partial charge on any atom is -0.454 e. The van der Waals surface area contributed by atoms with Crippen molar-refractivity contribution in [2.24, 2.45) is 0 Å². The van der Waals surface area contributed by atoms with Gasteiger partial charge in [0.1, 0.15) is 12.6 Å². The summed E-state index contributed by atoms with van der Waals surface area (Å²) in [5, 5.41) is 3.38. The molecule has 0 bridgehead atoms. The Morgan fingerprint density at radius 1 is 1.08 bits per heavy atom. The number of sulfonamides is 1. The number of benzene rings is 2. The molecule has 1 heterocycles. The van der Waals surface area contributed by atoms with Gasteiger partial charge in [0, 0.05) is 23.7 Å². The molecule has 0 unspecified atom stereocenters. The second kappa shape index (κ2) is 11.8. The van der Waals surface area contributed by atoms with Gasteiger partial charge in [0.25, 0.3) is 0 Å². The Bertz CT molecular complexity index is 1210. The molecule has 0 saturated heterocycles. The number of carbonyl (C=O) groups excluding carboxylic acids is 2. The fourth-order valence-corrected chi connectivity index (χ4v) is 4.86. The van der Waals surface area contributed by atoms with Crippen molar-refractivity contribution in [3.63, 3.8) is 0 Å². The van der Waals surface area contributed by atoms with Gasteiger partial charge >= 0.3 is 0 Å². The van der Waals surface area contributed by atoms with E-state index in [0.717, 1.165) is 17.0 Å². The third-order valence-corrected chi connectivity index (χ3v) is 7.52. The van der Waals surface area contributed by atoms with Gasteiger partial charge in [0.05, 0.1) is 11.9 Å². The lowest BCUT2D eigenvalue weighted by atomic mass is 10.1. The number of carbonyl (C=O) groups is 2. The molecule has 2 aromatic rings. The minimum atomic E-state index is -3.86. The van der Waals surface area contributed by atoms with Gasteiger partial charge in [-0.3, -0.25) is 13.9 Å². The van der Waals surface area contributed by atoms with Gasteiger partial charge in [-0.15, -0.1) is 0 Å². The van der Waals surface area contributed by atoms with Crippen molar-refractivity contribution in [2.75, 3.05) is 23.9 Å². The predicted octanol–water partition coefficient (Wildman–Crippen LogP) is 3.56. The zero-order valence-electron chi connectivity index (χ0n) is 20.9. The lowest BCUT2D eigenvalue weighted by Crippen LogP contribution is -2.53. The summed E-state index contributed by atoms with van der Waals surface area (Å²) in [6.45, 7) is 5.22. The highest BCUT2D eigenvalue weighted by molar-refractivity contribution is 7.92. The van der Waals surface area contributed by atoms with Crippen molar-refractivity contribution in [3.8, 4) is 11.5 Å². The van der Waals surface area contributed by atoms with Crippen LogP contribution in [-0.2, 0) is 26.2 Å². The SMILES string of the molecule is CC[C@@H](C)NC(=O)[C@H](CC)N(Cc1ccccc1Cl)C(=O)CN(c1ccc2c(c1)OCO2)S(C)(=O)=O. The van der Waals surface area contributed by atoms with E-state index in [1.54, 1.807) is 43.3 Å². The van der Waals surface area contributed by atoms with E-state index in [2.05, 4.69) is 5.32 Å². The number of ether oxygens (including phenoxy) is 2. The minimum absolute atomic E-state index is 0.0334. The average Bonchev–Trinajstić information content (AvgIpc) is 3.30. The van der Waals surface area contributed by atoms with E-state index in [9.17, 15) is 18.0 Å². The molecule has 0 spiro atoms. The molecular formula is C25H32ClN3O6S. The van der Waals surface area contributed by atoms with Crippen LogP contribution < -0.4 is 19.1 Å². The Balaban J connectivity index is 1.96. The fraction of sp³-hybridized carbons (Fsp3) is 0.440. The van der Waals surface area contributed by atoms with Crippen LogP contribution >= 0.6 is 11.6 Å². The summed E-state index contributed by atoms with van der Waals surface area (Å²) in [6, 6.07) is 10.8. The van der Waals surface area contributed by atoms with Gasteiger partial charge in [-0.1, -0.05) is 43.6 Å². The lowest BCUT2D eigenvalue weighted by molar-refractivity contribution is -0.140. The van der Waals surface area contributed by atoms with Crippen molar-refractivity contribution < 1.29 is 27.5 Å². The monoisotopic (exact) mass is 537 g/mol. The summed E-state index contributed by atoms with van der Waals surface area (Å²) in [5.41, 5.74) is 0.904. The molecular weight excluding hydrogens is 506 g/mol. The summed E-state index contributed by atoms with van der Waals surface area (Å²) in [4.78, 5) is 28.3. The van der Waals surface area contributed by atoms with Gasteiger partial charge in [0.2, 0.25) is 28.6 Å². The third kappa shape index (κ3) is 6.61. The summed E-state index contributed by atoms with van der Waals surface area (Å²) in [6.07, 6.45) is 2.09. The number of fused-ring (bicyclic) bond motifs is 1.